The molecule has 0 aromatic rings. The average molecular weight is 269 g/mol. The van der Waals surface area contributed by atoms with Gasteiger partial charge in [0.15, 0.2) is 0 Å². The van der Waals surface area contributed by atoms with Crippen LogP contribution in [0.1, 0.15) is 46.5 Å². The first-order chi connectivity index (χ1) is 9.21. The minimum atomic E-state index is 0.0344. The van der Waals surface area contributed by atoms with Crippen LogP contribution >= 0.6 is 0 Å². The molecule has 0 saturated carbocycles. The SMILES string of the molecule is CCC1CCNC(C(=O)NCCCN(CC)CC)C1. The molecule has 0 aromatic heterocycles. The molecule has 0 radical (unpaired) electrons. The van der Waals surface area contributed by atoms with Crippen LogP contribution in [0.5, 0.6) is 0 Å². The van der Waals surface area contributed by atoms with E-state index in [1.54, 1.807) is 0 Å². The molecule has 1 fully saturated rings. The Bertz CT molecular complexity index is 254. The Kier molecular flexibility index (Phi) is 8.07. The fourth-order valence-corrected chi connectivity index (χ4v) is 2.74. The monoisotopic (exact) mass is 269 g/mol. The maximum atomic E-state index is 12.1. The van der Waals surface area contributed by atoms with Gasteiger partial charge in [0, 0.05) is 6.54 Å². The Morgan fingerprint density at radius 3 is 2.68 bits per heavy atom. The van der Waals surface area contributed by atoms with Crippen molar-refractivity contribution in [2.75, 3.05) is 32.7 Å². The van der Waals surface area contributed by atoms with Crippen molar-refractivity contribution in [2.45, 2.75) is 52.5 Å². The zero-order chi connectivity index (χ0) is 14.1. The van der Waals surface area contributed by atoms with Gasteiger partial charge in [-0.25, -0.2) is 0 Å². The van der Waals surface area contributed by atoms with E-state index in [0.29, 0.717) is 5.92 Å². The highest BCUT2D eigenvalue weighted by Crippen LogP contribution is 2.19. The highest BCUT2D eigenvalue weighted by atomic mass is 16.2. The Balaban J connectivity index is 2.16. The molecule has 0 spiro atoms. The molecule has 4 heteroatoms. The summed E-state index contributed by atoms with van der Waals surface area (Å²) >= 11 is 0. The Morgan fingerprint density at radius 1 is 1.32 bits per heavy atom. The minimum absolute atomic E-state index is 0.0344. The maximum Gasteiger partial charge on any atom is 0.237 e. The molecule has 1 aliphatic rings. The standard InChI is InChI=1S/C15H31N3O/c1-4-13-8-10-16-14(12-13)15(19)17-9-7-11-18(5-2)6-3/h13-14,16H,4-12H2,1-3H3,(H,17,19). The molecular formula is C15H31N3O. The summed E-state index contributed by atoms with van der Waals surface area (Å²) in [6.07, 6.45) is 4.44. The number of rotatable bonds is 8. The number of hydrogen-bond acceptors (Lipinski definition) is 3. The molecule has 112 valence electrons. The predicted octanol–water partition coefficient (Wildman–Crippen LogP) is 1.61. The fourth-order valence-electron chi connectivity index (χ4n) is 2.74. The highest BCUT2D eigenvalue weighted by molar-refractivity contribution is 5.81. The van der Waals surface area contributed by atoms with Crippen molar-refractivity contribution in [2.24, 2.45) is 5.92 Å². The van der Waals surface area contributed by atoms with Crippen molar-refractivity contribution < 1.29 is 4.79 Å². The molecule has 2 N–H and O–H groups in total. The number of hydrogen-bond donors (Lipinski definition) is 2. The lowest BCUT2D eigenvalue weighted by molar-refractivity contribution is -0.124. The van der Waals surface area contributed by atoms with Crippen molar-refractivity contribution in [3.8, 4) is 0 Å². The summed E-state index contributed by atoms with van der Waals surface area (Å²) in [6, 6.07) is 0.0344. The molecule has 4 nitrogen and oxygen atoms in total. The van der Waals surface area contributed by atoms with Gasteiger partial charge in [0.05, 0.1) is 6.04 Å². The van der Waals surface area contributed by atoms with Crippen molar-refractivity contribution in [3.05, 3.63) is 0 Å². The largest absolute Gasteiger partial charge is 0.355 e. The van der Waals surface area contributed by atoms with E-state index >= 15 is 0 Å². The number of nitrogens with zero attached hydrogens (tertiary/aromatic N) is 1. The van der Waals surface area contributed by atoms with E-state index < -0.39 is 0 Å². The van der Waals surface area contributed by atoms with Crippen molar-refractivity contribution >= 4 is 5.91 Å². The second kappa shape index (κ2) is 9.32. The van der Waals surface area contributed by atoms with E-state index in [0.717, 1.165) is 45.6 Å². The molecule has 1 amide bonds. The molecule has 0 bridgehead atoms. The van der Waals surface area contributed by atoms with Gasteiger partial charge < -0.3 is 15.5 Å². The third-order valence-corrected chi connectivity index (χ3v) is 4.25. The lowest BCUT2D eigenvalue weighted by atomic mass is 9.90. The normalized spacial score (nSPS) is 23.6. The van der Waals surface area contributed by atoms with E-state index in [1.807, 2.05) is 0 Å². The number of piperidine rings is 1. The zero-order valence-electron chi connectivity index (χ0n) is 12.9. The summed E-state index contributed by atoms with van der Waals surface area (Å²) in [5.41, 5.74) is 0. The molecule has 19 heavy (non-hydrogen) atoms. The van der Waals surface area contributed by atoms with E-state index in [2.05, 4.69) is 36.3 Å². The van der Waals surface area contributed by atoms with Crippen LogP contribution in [0.15, 0.2) is 0 Å². The topological polar surface area (TPSA) is 44.4 Å². The predicted molar refractivity (Wildman–Crippen MR) is 80.2 cm³/mol. The number of nitrogens with one attached hydrogen (secondary N) is 2. The third kappa shape index (κ3) is 5.91. The molecule has 1 aliphatic heterocycles. The Labute approximate surface area is 118 Å². The van der Waals surface area contributed by atoms with Crippen LogP contribution in [0.25, 0.3) is 0 Å². The van der Waals surface area contributed by atoms with E-state index in [1.165, 1.54) is 12.8 Å². The van der Waals surface area contributed by atoms with Gasteiger partial charge in [0.1, 0.15) is 0 Å². The van der Waals surface area contributed by atoms with Gasteiger partial charge in [0.2, 0.25) is 5.91 Å². The minimum Gasteiger partial charge on any atom is -0.355 e. The maximum absolute atomic E-state index is 12.1. The van der Waals surface area contributed by atoms with Gasteiger partial charge >= 0.3 is 0 Å². The second-order valence-electron chi connectivity index (χ2n) is 5.48. The molecule has 2 atom stereocenters. The Hall–Kier alpha value is -0.610. The molecule has 1 heterocycles. The van der Waals surface area contributed by atoms with Crippen molar-refractivity contribution in [3.63, 3.8) is 0 Å². The second-order valence-corrected chi connectivity index (χ2v) is 5.48. The highest BCUT2D eigenvalue weighted by Gasteiger charge is 2.25. The fraction of sp³-hybridized carbons (Fsp3) is 0.933. The van der Waals surface area contributed by atoms with Gasteiger partial charge in [0.25, 0.3) is 0 Å². The van der Waals surface area contributed by atoms with Crippen molar-refractivity contribution in [1.82, 2.24) is 15.5 Å². The van der Waals surface area contributed by atoms with Crippen LogP contribution in [0, 0.1) is 5.92 Å². The first kappa shape index (κ1) is 16.4. The summed E-state index contributed by atoms with van der Waals surface area (Å²) in [5.74, 6) is 0.908. The summed E-state index contributed by atoms with van der Waals surface area (Å²) in [5, 5.41) is 6.41. The lowest BCUT2D eigenvalue weighted by Gasteiger charge is -2.29. The lowest BCUT2D eigenvalue weighted by Crippen LogP contribution is -2.49. The van der Waals surface area contributed by atoms with E-state index in [-0.39, 0.29) is 11.9 Å². The molecule has 2 unspecified atom stereocenters. The van der Waals surface area contributed by atoms with Gasteiger partial charge in [-0.3, -0.25) is 4.79 Å². The first-order valence-electron chi connectivity index (χ1n) is 7.94. The van der Waals surface area contributed by atoms with Gasteiger partial charge in [-0.05, 0) is 51.4 Å². The van der Waals surface area contributed by atoms with Crippen molar-refractivity contribution in [1.29, 1.82) is 0 Å². The van der Waals surface area contributed by atoms with Gasteiger partial charge in [-0.15, -0.1) is 0 Å². The summed E-state index contributed by atoms with van der Waals surface area (Å²) in [6.45, 7) is 11.6. The van der Waals surface area contributed by atoms with Gasteiger partial charge in [-0.1, -0.05) is 27.2 Å². The number of carbonyl (C=O) groups is 1. The summed E-state index contributed by atoms with van der Waals surface area (Å²) in [4.78, 5) is 14.4. The molecule has 1 saturated heterocycles. The smallest absolute Gasteiger partial charge is 0.237 e. The number of carbonyl (C=O) groups excluding carboxylic acids is 1. The van der Waals surface area contributed by atoms with Gasteiger partial charge in [-0.2, -0.15) is 0 Å². The zero-order valence-corrected chi connectivity index (χ0v) is 12.9. The summed E-state index contributed by atoms with van der Waals surface area (Å²) < 4.78 is 0. The Morgan fingerprint density at radius 2 is 2.05 bits per heavy atom. The molecule has 1 rings (SSSR count). The van der Waals surface area contributed by atoms with E-state index in [9.17, 15) is 4.79 Å². The average Bonchev–Trinajstić information content (AvgIpc) is 2.47. The number of amides is 1. The molecular weight excluding hydrogens is 238 g/mol. The van der Waals surface area contributed by atoms with Crippen LogP contribution in [-0.4, -0.2) is 49.6 Å². The van der Waals surface area contributed by atoms with E-state index in [4.69, 9.17) is 0 Å². The van der Waals surface area contributed by atoms with Crippen LogP contribution < -0.4 is 10.6 Å². The van der Waals surface area contributed by atoms with Crippen LogP contribution in [0.2, 0.25) is 0 Å². The summed E-state index contributed by atoms with van der Waals surface area (Å²) in [7, 11) is 0. The van der Waals surface area contributed by atoms with Crippen LogP contribution in [0.4, 0.5) is 0 Å². The third-order valence-electron chi connectivity index (χ3n) is 4.25. The molecule has 0 aromatic carbocycles. The van der Waals surface area contributed by atoms with Crippen LogP contribution in [-0.2, 0) is 4.79 Å². The van der Waals surface area contributed by atoms with Crippen LogP contribution in [0.3, 0.4) is 0 Å². The molecule has 0 aliphatic carbocycles. The first-order valence-corrected chi connectivity index (χ1v) is 7.94. The quantitative estimate of drug-likeness (QED) is 0.658.